The van der Waals surface area contributed by atoms with E-state index in [1.54, 1.807) is 12.1 Å². The van der Waals surface area contributed by atoms with Crippen molar-refractivity contribution in [1.82, 2.24) is 0 Å². The van der Waals surface area contributed by atoms with Gasteiger partial charge in [0.1, 0.15) is 0 Å². The zero-order valence-electron chi connectivity index (χ0n) is 9.20. The molecule has 0 aliphatic heterocycles. The summed E-state index contributed by atoms with van der Waals surface area (Å²) in [6, 6.07) is 7.29. The Morgan fingerprint density at radius 2 is 1.71 bits per heavy atom. The third-order valence-corrected chi connectivity index (χ3v) is 1.66. The summed E-state index contributed by atoms with van der Waals surface area (Å²) in [5, 5.41) is 17.6. The van der Waals surface area contributed by atoms with E-state index in [2.05, 4.69) is 13.8 Å². The van der Waals surface area contributed by atoms with E-state index in [0.29, 0.717) is 5.46 Å². The van der Waals surface area contributed by atoms with E-state index in [9.17, 15) is 0 Å². The molecule has 3 heteroatoms. The quantitative estimate of drug-likeness (QED) is 0.697. The van der Waals surface area contributed by atoms with E-state index in [-0.39, 0.29) is 0 Å². The Labute approximate surface area is 86.7 Å². The van der Waals surface area contributed by atoms with Crippen LogP contribution in [0.2, 0.25) is 0 Å². The first-order valence-corrected chi connectivity index (χ1v) is 5.10. The van der Waals surface area contributed by atoms with E-state index < -0.39 is 7.12 Å². The van der Waals surface area contributed by atoms with Crippen molar-refractivity contribution >= 4 is 12.6 Å². The minimum atomic E-state index is -1.35. The first-order valence-electron chi connectivity index (χ1n) is 5.10. The third-order valence-electron chi connectivity index (χ3n) is 1.66. The van der Waals surface area contributed by atoms with E-state index in [0.717, 1.165) is 12.0 Å². The normalized spacial score (nSPS) is 8.93. The summed E-state index contributed by atoms with van der Waals surface area (Å²) in [7, 11) is -1.35. The van der Waals surface area contributed by atoms with Crippen LogP contribution in [0.25, 0.3) is 0 Å². The van der Waals surface area contributed by atoms with Gasteiger partial charge in [-0.1, -0.05) is 51.5 Å². The Kier molecular flexibility index (Phi) is 7.16. The van der Waals surface area contributed by atoms with Crippen LogP contribution >= 0.6 is 0 Å². The Bertz CT molecular complexity index is 249. The molecule has 78 valence electrons. The highest BCUT2D eigenvalue weighted by molar-refractivity contribution is 6.58. The monoisotopic (exact) mass is 194 g/mol. The average molecular weight is 194 g/mol. The van der Waals surface area contributed by atoms with Crippen molar-refractivity contribution in [2.45, 2.75) is 33.6 Å². The number of hydrogen-bond donors (Lipinski definition) is 2. The van der Waals surface area contributed by atoms with Gasteiger partial charge >= 0.3 is 7.12 Å². The van der Waals surface area contributed by atoms with Gasteiger partial charge in [-0.15, -0.1) is 0 Å². The zero-order chi connectivity index (χ0) is 11.0. The Morgan fingerprint density at radius 1 is 1.14 bits per heavy atom. The summed E-state index contributed by atoms with van der Waals surface area (Å²) in [6.07, 6.45) is 2.17. The number of aryl methyl sites for hydroxylation is 1. The van der Waals surface area contributed by atoms with Crippen molar-refractivity contribution in [3.05, 3.63) is 29.8 Å². The second-order valence-electron chi connectivity index (χ2n) is 3.18. The van der Waals surface area contributed by atoms with Gasteiger partial charge in [0.15, 0.2) is 0 Å². The predicted octanol–water partition coefficient (Wildman–Crippen LogP) is 1.35. The molecular weight excluding hydrogens is 175 g/mol. The van der Waals surface area contributed by atoms with Crippen LogP contribution in [0.5, 0.6) is 0 Å². The van der Waals surface area contributed by atoms with E-state index in [1.807, 2.05) is 19.1 Å². The van der Waals surface area contributed by atoms with Crippen LogP contribution in [0, 0.1) is 0 Å². The SMILES string of the molecule is CCC.CCc1cccc(B(O)O)c1. The second kappa shape index (κ2) is 7.59. The molecular formula is C11H19BO2. The summed E-state index contributed by atoms with van der Waals surface area (Å²) in [5.74, 6) is 0. The summed E-state index contributed by atoms with van der Waals surface area (Å²) < 4.78 is 0. The molecule has 0 unspecified atom stereocenters. The smallest absolute Gasteiger partial charge is 0.423 e. The van der Waals surface area contributed by atoms with E-state index in [4.69, 9.17) is 10.0 Å². The molecule has 0 amide bonds. The molecule has 0 atom stereocenters. The van der Waals surface area contributed by atoms with Crippen LogP contribution in [0.3, 0.4) is 0 Å². The minimum absolute atomic E-state index is 0.560. The Balaban J connectivity index is 0.000000500. The lowest BCUT2D eigenvalue weighted by atomic mass is 9.79. The van der Waals surface area contributed by atoms with Crippen LogP contribution < -0.4 is 5.46 Å². The first-order chi connectivity index (χ1) is 6.65. The maximum atomic E-state index is 8.80. The van der Waals surface area contributed by atoms with Gasteiger partial charge in [-0.25, -0.2) is 0 Å². The lowest BCUT2D eigenvalue weighted by Crippen LogP contribution is -2.29. The van der Waals surface area contributed by atoms with Gasteiger partial charge in [-0.05, 0) is 17.4 Å². The van der Waals surface area contributed by atoms with Gasteiger partial charge in [0.05, 0.1) is 0 Å². The van der Waals surface area contributed by atoms with Gasteiger partial charge in [-0.3, -0.25) is 0 Å². The van der Waals surface area contributed by atoms with Crippen LogP contribution in [0.1, 0.15) is 32.8 Å². The van der Waals surface area contributed by atoms with Crippen molar-refractivity contribution in [2.24, 2.45) is 0 Å². The molecule has 0 fully saturated rings. The van der Waals surface area contributed by atoms with E-state index >= 15 is 0 Å². The maximum Gasteiger partial charge on any atom is 0.488 e. The van der Waals surface area contributed by atoms with Gasteiger partial charge in [0, 0.05) is 0 Å². The summed E-state index contributed by atoms with van der Waals surface area (Å²) in [6.45, 7) is 6.28. The molecule has 0 spiro atoms. The van der Waals surface area contributed by atoms with Gasteiger partial charge in [0.25, 0.3) is 0 Å². The Hall–Kier alpha value is -0.795. The Morgan fingerprint density at radius 3 is 2.14 bits per heavy atom. The molecule has 0 bridgehead atoms. The lowest BCUT2D eigenvalue weighted by Gasteiger charge is -2.00. The van der Waals surface area contributed by atoms with Gasteiger partial charge in [0.2, 0.25) is 0 Å². The topological polar surface area (TPSA) is 40.5 Å². The second-order valence-corrected chi connectivity index (χ2v) is 3.18. The molecule has 2 N–H and O–H groups in total. The van der Waals surface area contributed by atoms with Crippen LogP contribution in [0.4, 0.5) is 0 Å². The van der Waals surface area contributed by atoms with Crippen molar-refractivity contribution in [3.8, 4) is 0 Å². The molecule has 0 radical (unpaired) electrons. The molecule has 1 aromatic rings. The summed E-state index contributed by atoms with van der Waals surface area (Å²) >= 11 is 0. The van der Waals surface area contributed by atoms with Crippen LogP contribution in [-0.4, -0.2) is 17.2 Å². The van der Waals surface area contributed by atoms with Crippen molar-refractivity contribution in [1.29, 1.82) is 0 Å². The number of hydrogen-bond acceptors (Lipinski definition) is 2. The zero-order valence-corrected chi connectivity index (χ0v) is 9.20. The standard InChI is InChI=1S/C8H11BO2.C3H8/c1-2-7-4-3-5-8(6-7)9(10)11;1-3-2/h3-6,10-11H,2H2,1H3;3H2,1-2H3. The van der Waals surface area contributed by atoms with Crippen molar-refractivity contribution < 1.29 is 10.0 Å². The number of benzene rings is 1. The van der Waals surface area contributed by atoms with Gasteiger partial charge < -0.3 is 10.0 Å². The average Bonchev–Trinajstić information content (AvgIpc) is 2.19. The predicted molar refractivity (Wildman–Crippen MR) is 61.6 cm³/mol. The van der Waals surface area contributed by atoms with Crippen molar-refractivity contribution in [2.75, 3.05) is 0 Å². The molecule has 0 aliphatic rings. The molecule has 14 heavy (non-hydrogen) atoms. The molecule has 0 saturated heterocycles. The highest BCUT2D eigenvalue weighted by Crippen LogP contribution is 1.96. The highest BCUT2D eigenvalue weighted by atomic mass is 16.4. The minimum Gasteiger partial charge on any atom is -0.423 e. The molecule has 1 rings (SSSR count). The molecule has 0 saturated carbocycles. The fourth-order valence-corrected chi connectivity index (χ4v) is 0.974. The van der Waals surface area contributed by atoms with Crippen molar-refractivity contribution in [3.63, 3.8) is 0 Å². The first kappa shape index (κ1) is 13.2. The largest absolute Gasteiger partial charge is 0.488 e. The third kappa shape index (κ3) is 5.05. The molecule has 0 aliphatic carbocycles. The maximum absolute atomic E-state index is 8.80. The van der Waals surface area contributed by atoms with Gasteiger partial charge in [-0.2, -0.15) is 0 Å². The number of rotatable bonds is 2. The van der Waals surface area contributed by atoms with Crippen LogP contribution in [0.15, 0.2) is 24.3 Å². The molecule has 2 nitrogen and oxygen atoms in total. The summed E-state index contributed by atoms with van der Waals surface area (Å²) in [5.41, 5.74) is 1.68. The lowest BCUT2D eigenvalue weighted by molar-refractivity contribution is 0.425. The molecule has 0 heterocycles. The molecule has 1 aromatic carbocycles. The fraction of sp³-hybridized carbons (Fsp3) is 0.455. The van der Waals surface area contributed by atoms with E-state index in [1.165, 1.54) is 6.42 Å². The van der Waals surface area contributed by atoms with Crippen LogP contribution in [-0.2, 0) is 6.42 Å². The summed E-state index contributed by atoms with van der Waals surface area (Å²) in [4.78, 5) is 0. The molecule has 0 aromatic heterocycles. The highest BCUT2D eigenvalue weighted by Gasteiger charge is 2.09. The fourth-order valence-electron chi connectivity index (χ4n) is 0.974.